The van der Waals surface area contributed by atoms with Crippen LogP contribution in [0.1, 0.15) is 97.2 Å². The summed E-state index contributed by atoms with van der Waals surface area (Å²) in [5.41, 5.74) is 8.00. The molecular formula is C59H72N6O14S. The van der Waals surface area contributed by atoms with E-state index in [0.29, 0.717) is 116 Å². The number of allylic oxidation sites excluding steroid dienone is 2. The van der Waals surface area contributed by atoms with E-state index < -0.39 is 22.5 Å². The molecule has 1 N–H and O–H groups in total. The Morgan fingerprint density at radius 1 is 0.675 bits per heavy atom. The van der Waals surface area contributed by atoms with Crippen LogP contribution < -0.4 is 24.3 Å². The molecule has 8 rings (SSSR count). The summed E-state index contributed by atoms with van der Waals surface area (Å²) < 4.78 is 46.5. The summed E-state index contributed by atoms with van der Waals surface area (Å²) in [6.07, 6.45) is 9.31. The minimum absolute atomic E-state index is 0.0415. The fourth-order valence-corrected chi connectivity index (χ4v) is 10.5. The lowest BCUT2D eigenvalue weighted by molar-refractivity contribution is -0.198. The molecule has 3 aromatic carbocycles. The van der Waals surface area contributed by atoms with Crippen molar-refractivity contribution in [2.45, 2.75) is 89.8 Å². The Bertz CT molecular complexity index is 2770. The number of hydrogen-bond donors (Lipinski definition) is 1. The molecule has 0 spiro atoms. The number of carbonyl (C=O) groups excluding carboxylic acids is 5. The molecular weight excluding hydrogens is 1050 g/mol. The Kier molecular flexibility index (Phi) is 20.6. The van der Waals surface area contributed by atoms with Gasteiger partial charge >= 0.3 is 5.97 Å². The quantitative estimate of drug-likeness (QED) is 0.0400. The molecule has 4 amide bonds. The molecule has 2 atom stereocenters. The highest BCUT2D eigenvalue weighted by Gasteiger charge is 2.37. The number of thioether (sulfide) groups is 1. The summed E-state index contributed by atoms with van der Waals surface area (Å²) in [7, 11) is 3.12. The van der Waals surface area contributed by atoms with Crippen molar-refractivity contribution in [3.63, 3.8) is 0 Å². The van der Waals surface area contributed by atoms with E-state index in [1.807, 2.05) is 42.1 Å². The van der Waals surface area contributed by atoms with Gasteiger partial charge in [0.1, 0.15) is 13.2 Å². The summed E-state index contributed by atoms with van der Waals surface area (Å²) in [6, 6.07) is 13.0. The number of nitrogens with one attached hydrogen (secondary N) is 1. The van der Waals surface area contributed by atoms with E-state index >= 15 is 0 Å². The lowest BCUT2D eigenvalue weighted by Crippen LogP contribution is -2.35. The molecule has 0 saturated carbocycles. The van der Waals surface area contributed by atoms with Crippen molar-refractivity contribution in [3.8, 4) is 23.0 Å². The van der Waals surface area contributed by atoms with Crippen LogP contribution in [-0.2, 0) is 56.1 Å². The van der Waals surface area contributed by atoms with Crippen LogP contribution in [0.25, 0.3) is 0 Å². The molecule has 3 saturated heterocycles. The fourth-order valence-electron chi connectivity index (χ4n) is 9.55. The normalized spacial score (nSPS) is 18.6. The van der Waals surface area contributed by atoms with Gasteiger partial charge in [0.2, 0.25) is 0 Å². The molecule has 5 aliphatic heterocycles. The average Bonchev–Trinajstić information content (AvgIpc) is 4.15. The predicted octanol–water partition coefficient (Wildman–Crippen LogP) is 7.75. The zero-order chi connectivity index (χ0) is 56.8. The molecule has 0 aliphatic carbocycles. The molecule has 21 heteroatoms. The average molecular weight is 1120 g/mol. The summed E-state index contributed by atoms with van der Waals surface area (Å²) in [6.45, 7) is 17.3. The van der Waals surface area contributed by atoms with Gasteiger partial charge in [-0.15, -0.1) is 16.8 Å². The highest BCUT2D eigenvalue weighted by atomic mass is 32.2. The largest absolute Gasteiger partial charge is 0.493 e. The maximum absolute atomic E-state index is 13.8. The van der Waals surface area contributed by atoms with Crippen LogP contribution in [0.2, 0.25) is 0 Å². The SMILES string of the molecule is C=C(CSC(C)(C)c1cc(COc2cc3c(cc2OC)C(=O)N2C/C(=C/C)CC2C=N3)cc(COc2cc3c(cc2OC)C(=O)N2C/C(=C/C)CC2C=N3)c1)NCCOCCOCCOCCOCCC(=O)ON1C(=O)CCC1=O. The van der Waals surface area contributed by atoms with Crippen molar-refractivity contribution in [2.24, 2.45) is 9.98 Å². The minimum atomic E-state index is -0.714. The van der Waals surface area contributed by atoms with Crippen molar-refractivity contribution in [1.82, 2.24) is 20.2 Å². The van der Waals surface area contributed by atoms with Gasteiger partial charge in [0.25, 0.3) is 23.6 Å². The van der Waals surface area contributed by atoms with Crippen LogP contribution in [0.4, 0.5) is 11.4 Å². The Labute approximate surface area is 471 Å². The second kappa shape index (κ2) is 27.9. The second-order valence-electron chi connectivity index (χ2n) is 20.1. The van der Waals surface area contributed by atoms with Crippen LogP contribution in [-0.4, -0.2) is 161 Å². The van der Waals surface area contributed by atoms with Crippen molar-refractivity contribution < 1.29 is 66.7 Å². The van der Waals surface area contributed by atoms with Gasteiger partial charge in [-0.1, -0.05) is 42.0 Å². The van der Waals surface area contributed by atoms with E-state index in [2.05, 4.69) is 50.0 Å². The second-order valence-corrected chi connectivity index (χ2v) is 21.7. The maximum atomic E-state index is 13.8. The van der Waals surface area contributed by atoms with Crippen LogP contribution in [0.5, 0.6) is 23.0 Å². The van der Waals surface area contributed by atoms with Gasteiger partial charge in [0, 0.05) is 73.2 Å². The van der Waals surface area contributed by atoms with Crippen molar-refractivity contribution in [3.05, 3.63) is 106 Å². The Morgan fingerprint density at radius 3 is 1.62 bits per heavy atom. The van der Waals surface area contributed by atoms with Crippen LogP contribution >= 0.6 is 11.8 Å². The van der Waals surface area contributed by atoms with E-state index in [1.54, 1.807) is 50.2 Å². The van der Waals surface area contributed by atoms with Gasteiger partial charge in [-0.2, -0.15) is 0 Å². The zero-order valence-corrected chi connectivity index (χ0v) is 47.3. The molecule has 20 nitrogen and oxygen atoms in total. The number of amides is 4. The number of carbonyl (C=O) groups is 5. The molecule has 3 aromatic rings. The first-order chi connectivity index (χ1) is 38.7. The van der Waals surface area contributed by atoms with Gasteiger partial charge in [-0.25, -0.2) is 4.79 Å². The zero-order valence-electron chi connectivity index (χ0n) is 46.5. The Morgan fingerprint density at radius 2 is 1.15 bits per heavy atom. The molecule has 80 heavy (non-hydrogen) atoms. The number of aliphatic imine (C=N–C) groups is 2. The Balaban J connectivity index is 0.834. The molecule has 428 valence electrons. The van der Waals surface area contributed by atoms with Gasteiger partial charge in [-0.3, -0.25) is 29.2 Å². The maximum Gasteiger partial charge on any atom is 0.335 e. The summed E-state index contributed by atoms with van der Waals surface area (Å²) in [4.78, 5) is 80.6. The number of rotatable bonds is 29. The third kappa shape index (κ3) is 15.0. The van der Waals surface area contributed by atoms with Crippen molar-refractivity contribution >= 4 is 65.2 Å². The van der Waals surface area contributed by atoms with Crippen molar-refractivity contribution in [1.29, 1.82) is 0 Å². The fraction of sp³-hybridized carbons (Fsp3) is 0.475. The molecule has 5 aliphatic rings. The highest BCUT2D eigenvalue weighted by molar-refractivity contribution is 8.00. The van der Waals surface area contributed by atoms with Crippen molar-refractivity contribution in [2.75, 3.05) is 92.5 Å². The number of ether oxygens (including phenoxy) is 8. The predicted molar refractivity (Wildman–Crippen MR) is 301 cm³/mol. The van der Waals surface area contributed by atoms with Gasteiger partial charge in [-0.05, 0) is 75.4 Å². The van der Waals surface area contributed by atoms with Gasteiger partial charge in [0.15, 0.2) is 23.0 Å². The number of fused-ring (bicyclic) bond motifs is 4. The third-order valence-corrected chi connectivity index (χ3v) is 15.6. The van der Waals surface area contributed by atoms with Gasteiger partial charge in [0.05, 0.1) is 108 Å². The highest BCUT2D eigenvalue weighted by Crippen LogP contribution is 2.42. The smallest absolute Gasteiger partial charge is 0.335 e. The number of imide groups is 1. The summed E-state index contributed by atoms with van der Waals surface area (Å²) >= 11 is 1.73. The van der Waals surface area contributed by atoms with E-state index in [-0.39, 0.29) is 69.6 Å². The molecule has 0 aromatic heterocycles. The topological polar surface area (TPSA) is 215 Å². The number of hydroxylamine groups is 2. The van der Waals surface area contributed by atoms with E-state index in [1.165, 1.54) is 11.1 Å². The lowest BCUT2D eigenvalue weighted by atomic mass is 9.97. The number of nitrogens with zero attached hydrogens (tertiary/aromatic N) is 5. The van der Waals surface area contributed by atoms with E-state index in [9.17, 15) is 24.0 Å². The summed E-state index contributed by atoms with van der Waals surface area (Å²) in [5, 5.41) is 3.90. The molecule has 0 bridgehead atoms. The minimum Gasteiger partial charge on any atom is -0.493 e. The molecule has 3 fully saturated rings. The molecule has 0 radical (unpaired) electrons. The monoisotopic (exact) mass is 1120 g/mol. The number of methoxy groups -OCH3 is 2. The first-order valence-electron chi connectivity index (χ1n) is 26.9. The third-order valence-electron chi connectivity index (χ3n) is 14.2. The standard InChI is InChI=1S/C59H72N6O14S/c1-8-39-25-44-31-61-48-29-52(50(71-6)27-46(48)57(69)63(44)33-39)77-35-41-22-42(36-78-53-30-49-47(28-51(53)72-7)58(70)64-34-40(9-2)26-45(64)32-62-49)24-43(23-41)59(4,5)80-37-38(3)60-13-15-74-17-19-76-21-20-75-18-16-73-14-12-56(68)79-65-54(66)10-11-55(65)67/h8-9,22-24,27-32,44-45,60H,3,10-21,25-26,33-37H2,1-2,4-7H3/b39-8+,40-9+. The van der Waals surface area contributed by atoms with Crippen LogP contribution in [0.15, 0.2) is 88.0 Å². The van der Waals surface area contributed by atoms with E-state index in [4.69, 9.17) is 52.7 Å². The summed E-state index contributed by atoms with van der Waals surface area (Å²) in [5.74, 6) is 0.422. The van der Waals surface area contributed by atoms with Crippen LogP contribution in [0, 0.1) is 0 Å². The van der Waals surface area contributed by atoms with Gasteiger partial charge < -0.3 is 57.8 Å². The number of benzene rings is 3. The van der Waals surface area contributed by atoms with Crippen LogP contribution in [0.3, 0.4) is 0 Å². The Hall–Kier alpha value is -7.04. The first-order valence-corrected chi connectivity index (χ1v) is 27.9. The first kappa shape index (κ1) is 59.1. The molecule has 5 heterocycles. The number of hydrogen-bond acceptors (Lipinski definition) is 18. The molecule has 2 unspecified atom stereocenters. The van der Waals surface area contributed by atoms with E-state index in [0.717, 1.165) is 35.2 Å². The lowest BCUT2D eigenvalue weighted by Gasteiger charge is -2.27.